The molecule has 10 heteroatoms. The molecule has 0 radical (unpaired) electrons. The zero-order valence-corrected chi connectivity index (χ0v) is 18.8. The van der Waals surface area contributed by atoms with Gasteiger partial charge in [0.25, 0.3) is 17.7 Å². The lowest BCUT2D eigenvalue weighted by Gasteiger charge is -2.29. The molecule has 0 unspecified atom stereocenters. The molecule has 3 aromatic rings. The molecule has 0 bridgehead atoms. The summed E-state index contributed by atoms with van der Waals surface area (Å²) in [5, 5.41) is 10.2. The van der Waals surface area contributed by atoms with Gasteiger partial charge in [0, 0.05) is 24.0 Å². The predicted octanol–water partition coefficient (Wildman–Crippen LogP) is 3.01. The van der Waals surface area contributed by atoms with Gasteiger partial charge < -0.3 is 24.3 Å². The number of methoxy groups -OCH3 is 3. The van der Waals surface area contributed by atoms with Crippen molar-refractivity contribution < 1.29 is 23.7 Å². The van der Waals surface area contributed by atoms with Crippen molar-refractivity contribution in [2.45, 2.75) is 37.8 Å². The van der Waals surface area contributed by atoms with Crippen molar-refractivity contribution in [1.29, 1.82) is 0 Å². The lowest BCUT2D eigenvalue weighted by atomic mass is 9.93. The molecule has 33 heavy (non-hydrogen) atoms. The van der Waals surface area contributed by atoms with E-state index >= 15 is 0 Å². The topological polar surface area (TPSA) is 120 Å². The van der Waals surface area contributed by atoms with Crippen LogP contribution >= 0.6 is 0 Å². The van der Waals surface area contributed by atoms with Crippen molar-refractivity contribution in [3.05, 3.63) is 42.4 Å². The summed E-state index contributed by atoms with van der Waals surface area (Å²) in [6.07, 6.45) is 6.31. The van der Waals surface area contributed by atoms with E-state index in [4.69, 9.17) is 18.9 Å². The molecule has 2 N–H and O–H groups in total. The molecule has 1 aliphatic rings. The van der Waals surface area contributed by atoms with Gasteiger partial charge in [0.2, 0.25) is 0 Å². The second-order valence-corrected chi connectivity index (χ2v) is 7.67. The first-order valence-electron chi connectivity index (χ1n) is 10.7. The number of hydrogen-bond acceptors (Lipinski definition) is 8. The molecule has 10 nitrogen and oxygen atoms in total. The van der Waals surface area contributed by atoms with Crippen molar-refractivity contribution in [2.75, 3.05) is 21.3 Å². The summed E-state index contributed by atoms with van der Waals surface area (Å²) in [6.45, 7) is 0. The summed E-state index contributed by atoms with van der Waals surface area (Å²) in [5.74, 6) is 1.89. The maximum Gasteiger partial charge on any atom is 0.278 e. The Hall–Kier alpha value is -3.82. The Kier molecular flexibility index (Phi) is 6.92. The first kappa shape index (κ1) is 22.4. The second-order valence-electron chi connectivity index (χ2n) is 7.67. The average Bonchev–Trinajstić information content (AvgIpc) is 3.35. The lowest BCUT2D eigenvalue weighted by molar-refractivity contribution is 0.0881. The zero-order chi connectivity index (χ0) is 23.2. The van der Waals surface area contributed by atoms with Crippen molar-refractivity contribution in [2.24, 2.45) is 0 Å². The number of benzene rings is 1. The fraction of sp³-hybridized carbons (Fsp3) is 0.391. The molecular weight excluding hydrogens is 426 g/mol. The van der Waals surface area contributed by atoms with Crippen molar-refractivity contribution in [3.63, 3.8) is 0 Å². The van der Waals surface area contributed by atoms with E-state index in [1.807, 2.05) is 12.1 Å². The van der Waals surface area contributed by atoms with Gasteiger partial charge in [-0.3, -0.25) is 9.89 Å². The van der Waals surface area contributed by atoms with Gasteiger partial charge in [-0.25, -0.2) is 9.97 Å². The Labute approximate surface area is 191 Å². The first-order chi connectivity index (χ1) is 16.1. The van der Waals surface area contributed by atoms with Gasteiger partial charge in [0.1, 0.15) is 23.3 Å². The molecule has 4 rings (SSSR count). The number of aromatic amines is 1. The molecule has 1 aromatic carbocycles. The molecule has 0 aliphatic heterocycles. The first-order valence-corrected chi connectivity index (χ1v) is 10.7. The average molecular weight is 453 g/mol. The highest BCUT2D eigenvalue weighted by Gasteiger charge is 2.26. The number of carbonyl (C=O) groups excluding carboxylic acids is 1. The van der Waals surface area contributed by atoms with Gasteiger partial charge in [-0.2, -0.15) is 5.10 Å². The third-order valence-corrected chi connectivity index (χ3v) is 5.62. The molecule has 174 valence electrons. The van der Waals surface area contributed by atoms with Crippen LogP contribution in [0.15, 0.2) is 36.7 Å². The van der Waals surface area contributed by atoms with E-state index in [2.05, 4.69) is 25.5 Å². The largest absolute Gasteiger partial charge is 0.497 e. The van der Waals surface area contributed by atoms with Crippen LogP contribution in [0, 0.1) is 0 Å². The van der Waals surface area contributed by atoms with Crippen LogP contribution in [-0.2, 0) is 0 Å². The maximum atomic E-state index is 12.8. The minimum absolute atomic E-state index is 0.00281. The van der Waals surface area contributed by atoms with E-state index in [9.17, 15) is 4.79 Å². The SMILES string of the molecule is COc1ccc(OC)c(-c2cc(C(=O)NC3CCC(Oc4nccnc4OC)CC3)[nH]n2)c1. The fourth-order valence-electron chi connectivity index (χ4n) is 3.87. The summed E-state index contributed by atoms with van der Waals surface area (Å²) >= 11 is 0. The molecular formula is C23H27N5O5. The van der Waals surface area contributed by atoms with Crippen LogP contribution in [0.1, 0.15) is 36.2 Å². The van der Waals surface area contributed by atoms with Crippen LogP contribution in [-0.4, -0.2) is 59.5 Å². The van der Waals surface area contributed by atoms with E-state index in [1.165, 1.54) is 7.11 Å². The molecule has 1 aliphatic carbocycles. The highest BCUT2D eigenvalue weighted by molar-refractivity contribution is 5.93. The van der Waals surface area contributed by atoms with Crippen LogP contribution in [0.5, 0.6) is 23.3 Å². The van der Waals surface area contributed by atoms with Crippen LogP contribution in [0.25, 0.3) is 11.3 Å². The number of H-pyrrole nitrogens is 1. The van der Waals surface area contributed by atoms with Gasteiger partial charge in [-0.05, 0) is 49.9 Å². The second kappa shape index (κ2) is 10.2. The minimum atomic E-state index is -0.199. The van der Waals surface area contributed by atoms with Gasteiger partial charge in [0.05, 0.1) is 27.0 Å². The Morgan fingerprint density at radius 1 is 0.970 bits per heavy atom. The number of carbonyl (C=O) groups is 1. The summed E-state index contributed by atoms with van der Waals surface area (Å²) < 4.78 is 21.9. The lowest BCUT2D eigenvalue weighted by Crippen LogP contribution is -2.39. The molecule has 1 amide bonds. The van der Waals surface area contributed by atoms with Crippen molar-refractivity contribution in [3.8, 4) is 34.5 Å². The van der Waals surface area contributed by atoms with E-state index in [1.54, 1.807) is 38.7 Å². The Morgan fingerprint density at radius 3 is 2.42 bits per heavy atom. The van der Waals surface area contributed by atoms with Gasteiger partial charge >= 0.3 is 0 Å². The van der Waals surface area contributed by atoms with Crippen LogP contribution < -0.4 is 24.3 Å². The van der Waals surface area contributed by atoms with Gasteiger partial charge in [-0.1, -0.05) is 0 Å². The Morgan fingerprint density at radius 2 is 1.73 bits per heavy atom. The zero-order valence-electron chi connectivity index (χ0n) is 18.8. The number of nitrogens with zero attached hydrogens (tertiary/aromatic N) is 3. The molecule has 2 heterocycles. The predicted molar refractivity (Wildman–Crippen MR) is 120 cm³/mol. The smallest absolute Gasteiger partial charge is 0.278 e. The Balaban J connectivity index is 1.34. The van der Waals surface area contributed by atoms with Crippen molar-refractivity contribution >= 4 is 5.91 Å². The standard InChI is InChI=1S/C23H27N5O5/c1-30-16-8-9-20(31-2)17(12-16)18-13-19(28-27-18)21(29)26-14-4-6-15(7-5-14)33-23-22(32-3)24-10-11-25-23/h8-15H,4-7H2,1-3H3,(H,26,29)(H,27,28). The van der Waals surface area contributed by atoms with Crippen LogP contribution in [0.4, 0.5) is 0 Å². The van der Waals surface area contributed by atoms with E-state index in [0.29, 0.717) is 34.6 Å². The monoisotopic (exact) mass is 453 g/mol. The van der Waals surface area contributed by atoms with E-state index in [0.717, 1.165) is 31.2 Å². The summed E-state index contributed by atoms with van der Waals surface area (Å²) in [6, 6.07) is 7.20. The fourth-order valence-corrected chi connectivity index (χ4v) is 3.87. The maximum absolute atomic E-state index is 12.8. The third kappa shape index (κ3) is 5.16. The molecule has 2 aromatic heterocycles. The Bertz CT molecular complexity index is 1090. The molecule has 0 saturated heterocycles. The number of nitrogens with one attached hydrogen (secondary N) is 2. The quantitative estimate of drug-likeness (QED) is 0.534. The van der Waals surface area contributed by atoms with Crippen LogP contribution in [0.3, 0.4) is 0 Å². The van der Waals surface area contributed by atoms with Gasteiger partial charge in [-0.15, -0.1) is 0 Å². The highest BCUT2D eigenvalue weighted by atomic mass is 16.5. The number of amides is 1. The van der Waals surface area contributed by atoms with E-state index in [-0.39, 0.29) is 18.1 Å². The van der Waals surface area contributed by atoms with Gasteiger partial charge in [0.15, 0.2) is 0 Å². The number of hydrogen-bond donors (Lipinski definition) is 2. The normalized spacial score (nSPS) is 17.8. The number of aromatic nitrogens is 4. The third-order valence-electron chi connectivity index (χ3n) is 5.62. The minimum Gasteiger partial charge on any atom is -0.497 e. The summed E-state index contributed by atoms with van der Waals surface area (Å²) in [4.78, 5) is 21.1. The molecule has 1 saturated carbocycles. The number of ether oxygens (including phenoxy) is 4. The summed E-state index contributed by atoms with van der Waals surface area (Å²) in [5.41, 5.74) is 1.73. The molecule has 0 spiro atoms. The van der Waals surface area contributed by atoms with E-state index < -0.39 is 0 Å². The summed E-state index contributed by atoms with van der Waals surface area (Å²) in [7, 11) is 4.72. The highest BCUT2D eigenvalue weighted by Crippen LogP contribution is 2.32. The molecule has 0 atom stereocenters. The van der Waals surface area contributed by atoms with Crippen LogP contribution in [0.2, 0.25) is 0 Å². The molecule has 1 fully saturated rings. The number of rotatable bonds is 8. The van der Waals surface area contributed by atoms with Crippen molar-refractivity contribution in [1.82, 2.24) is 25.5 Å².